The zero-order chi connectivity index (χ0) is 12.3. The molecule has 0 spiro atoms. The Hall–Kier alpha value is -2.56. The third-order valence-corrected chi connectivity index (χ3v) is 2.13. The highest BCUT2D eigenvalue weighted by Gasteiger charge is 2.10. The van der Waals surface area contributed by atoms with Crippen molar-refractivity contribution in [3.05, 3.63) is 48.3 Å². The van der Waals surface area contributed by atoms with E-state index in [0.717, 1.165) is 0 Å². The van der Waals surface area contributed by atoms with Crippen molar-refractivity contribution in [3.63, 3.8) is 0 Å². The lowest BCUT2D eigenvalue weighted by Gasteiger charge is -2.09. The summed E-state index contributed by atoms with van der Waals surface area (Å²) in [4.78, 5) is 15.1. The van der Waals surface area contributed by atoms with E-state index in [1.807, 2.05) is 0 Å². The summed E-state index contributed by atoms with van der Waals surface area (Å²) in [6.07, 6.45) is 3.17. The molecule has 0 atom stereocenters. The van der Waals surface area contributed by atoms with Gasteiger partial charge in [-0.1, -0.05) is 0 Å². The first-order valence-electron chi connectivity index (χ1n) is 4.94. The second kappa shape index (κ2) is 4.52. The summed E-state index contributed by atoms with van der Waals surface area (Å²) >= 11 is 0. The number of carbonyl (C=O) groups excluding carboxylic acids is 1. The molecule has 0 aliphatic carbocycles. The lowest BCUT2D eigenvalue weighted by molar-refractivity contribution is 0.0998. The third kappa shape index (κ3) is 2.52. The summed E-state index contributed by atoms with van der Waals surface area (Å²) < 4.78 is 5.51. The van der Waals surface area contributed by atoms with Crippen LogP contribution in [0.5, 0.6) is 11.5 Å². The molecular weight excluding hydrogens is 218 g/mol. The molecule has 2 aromatic rings. The van der Waals surface area contributed by atoms with Crippen molar-refractivity contribution in [2.75, 3.05) is 5.73 Å². The zero-order valence-electron chi connectivity index (χ0n) is 8.96. The van der Waals surface area contributed by atoms with E-state index in [4.69, 9.17) is 16.2 Å². The summed E-state index contributed by atoms with van der Waals surface area (Å²) in [5, 5.41) is 0. The lowest BCUT2D eigenvalue weighted by atomic mass is 10.1. The van der Waals surface area contributed by atoms with E-state index in [2.05, 4.69) is 4.98 Å². The summed E-state index contributed by atoms with van der Waals surface area (Å²) in [6, 6.07) is 8.18. The van der Waals surface area contributed by atoms with E-state index in [-0.39, 0.29) is 5.56 Å². The van der Waals surface area contributed by atoms with Gasteiger partial charge in [0.05, 0.1) is 11.8 Å². The molecule has 5 nitrogen and oxygen atoms in total. The molecule has 1 amide bonds. The van der Waals surface area contributed by atoms with Crippen LogP contribution in [-0.4, -0.2) is 10.9 Å². The number of rotatable bonds is 3. The van der Waals surface area contributed by atoms with Crippen molar-refractivity contribution in [2.45, 2.75) is 0 Å². The minimum Gasteiger partial charge on any atom is -0.455 e. The van der Waals surface area contributed by atoms with Gasteiger partial charge in [-0.05, 0) is 30.3 Å². The largest absolute Gasteiger partial charge is 0.455 e. The van der Waals surface area contributed by atoms with E-state index < -0.39 is 5.91 Å². The molecule has 0 aliphatic rings. The standard InChI is InChI=1S/C12H11N3O2/c13-8-3-4-11(10(6-8)12(14)16)17-9-2-1-5-15-7-9/h1-7H,13H2,(H2,14,16). The molecule has 0 saturated heterocycles. The number of nitrogens with zero attached hydrogens (tertiary/aromatic N) is 1. The number of anilines is 1. The van der Waals surface area contributed by atoms with Gasteiger partial charge in [-0.2, -0.15) is 0 Å². The number of hydrogen-bond acceptors (Lipinski definition) is 4. The Morgan fingerprint density at radius 2 is 2.12 bits per heavy atom. The minimum atomic E-state index is -0.587. The van der Waals surface area contributed by atoms with Crippen LogP contribution >= 0.6 is 0 Å². The maximum atomic E-state index is 11.2. The number of carbonyl (C=O) groups is 1. The molecule has 0 bridgehead atoms. The molecule has 0 radical (unpaired) electrons. The molecule has 0 fully saturated rings. The van der Waals surface area contributed by atoms with Gasteiger partial charge in [-0.15, -0.1) is 0 Å². The number of amides is 1. The number of benzene rings is 1. The van der Waals surface area contributed by atoms with Gasteiger partial charge in [-0.3, -0.25) is 9.78 Å². The van der Waals surface area contributed by atoms with Crippen LogP contribution in [0.4, 0.5) is 5.69 Å². The number of pyridine rings is 1. The maximum absolute atomic E-state index is 11.2. The first kappa shape index (κ1) is 10.9. The Morgan fingerprint density at radius 3 is 2.76 bits per heavy atom. The van der Waals surface area contributed by atoms with Gasteiger partial charge in [0.25, 0.3) is 5.91 Å². The zero-order valence-corrected chi connectivity index (χ0v) is 8.96. The second-order valence-electron chi connectivity index (χ2n) is 3.41. The Morgan fingerprint density at radius 1 is 1.29 bits per heavy atom. The molecule has 86 valence electrons. The number of nitrogen functional groups attached to an aromatic ring is 1. The highest BCUT2D eigenvalue weighted by molar-refractivity contribution is 5.96. The molecule has 1 aromatic heterocycles. The average Bonchev–Trinajstić information content (AvgIpc) is 2.32. The van der Waals surface area contributed by atoms with Crippen molar-refractivity contribution in [3.8, 4) is 11.5 Å². The smallest absolute Gasteiger partial charge is 0.252 e. The summed E-state index contributed by atoms with van der Waals surface area (Å²) in [6.45, 7) is 0. The SMILES string of the molecule is NC(=O)c1cc(N)ccc1Oc1cccnc1. The van der Waals surface area contributed by atoms with Crippen molar-refractivity contribution >= 4 is 11.6 Å². The fourth-order valence-electron chi connectivity index (χ4n) is 1.36. The topological polar surface area (TPSA) is 91.2 Å². The van der Waals surface area contributed by atoms with E-state index in [9.17, 15) is 4.79 Å². The predicted molar refractivity (Wildman–Crippen MR) is 63.7 cm³/mol. The van der Waals surface area contributed by atoms with Crippen LogP contribution in [0.1, 0.15) is 10.4 Å². The van der Waals surface area contributed by atoms with Crippen LogP contribution in [-0.2, 0) is 0 Å². The van der Waals surface area contributed by atoms with Crippen LogP contribution in [0.2, 0.25) is 0 Å². The first-order valence-corrected chi connectivity index (χ1v) is 4.94. The van der Waals surface area contributed by atoms with Crippen LogP contribution in [0.3, 0.4) is 0 Å². The number of hydrogen-bond donors (Lipinski definition) is 2. The number of aromatic nitrogens is 1. The second-order valence-corrected chi connectivity index (χ2v) is 3.41. The molecule has 5 heteroatoms. The monoisotopic (exact) mass is 229 g/mol. The Bertz CT molecular complexity index is 541. The van der Waals surface area contributed by atoms with Gasteiger partial charge in [0.2, 0.25) is 0 Å². The third-order valence-electron chi connectivity index (χ3n) is 2.13. The summed E-state index contributed by atoms with van der Waals surface area (Å²) in [7, 11) is 0. The van der Waals surface area contributed by atoms with Crippen molar-refractivity contribution < 1.29 is 9.53 Å². The Labute approximate surface area is 98.0 Å². The molecule has 0 aliphatic heterocycles. The van der Waals surface area contributed by atoms with Gasteiger partial charge < -0.3 is 16.2 Å². The van der Waals surface area contributed by atoms with E-state index in [1.54, 1.807) is 36.7 Å². The van der Waals surface area contributed by atoms with Crippen LogP contribution in [0, 0.1) is 0 Å². The van der Waals surface area contributed by atoms with E-state index >= 15 is 0 Å². The van der Waals surface area contributed by atoms with Crippen molar-refractivity contribution in [1.29, 1.82) is 0 Å². The minimum absolute atomic E-state index is 0.244. The molecule has 1 heterocycles. The quantitative estimate of drug-likeness (QED) is 0.781. The van der Waals surface area contributed by atoms with Gasteiger partial charge in [-0.25, -0.2) is 0 Å². The lowest BCUT2D eigenvalue weighted by Crippen LogP contribution is -2.12. The number of nitrogens with two attached hydrogens (primary N) is 2. The van der Waals surface area contributed by atoms with Crippen LogP contribution in [0.25, 0.3) is 0 Å². The van der Waals surface area contributed by atoms with Gasteiger partial charge in [0, 0.05) is 11.9 Å². The highest BCUT2D eigenvalue weighted by Crippen LogP contribution is 2.26. The maximum Gasteiger partial charge on any atom is 0.252 e. The van der Waals surface area contributed by atoms with Crippen molar-refractivity contribution in [2.24, 2.45) is 5.73 Å². The van der Waals surface area contributed by atoms with Gasteiger partial charge >= 0.3 is 0 Å². The molecule has 0 unspecified atom stereocenters. The van der Waals surface area contributed by atoms with E-state index in [1.165, 1.54) is 6.07 Å². The fourth-order valence-corrected chi connectivity index (χ4v) is 1.36. The predicted octanol–water partition coefficient (Wildman–Crippen LogP) is 1.55. The molecular formula is C12H11N3O2. The Kier molecular flexibility index (Phi) is 2.91. The molecule has 4 N–H and O–H groups in total. The van der Waals surface area contributed by atoms with Crippen LogP contribution in [0.15, 0.2) is 42.7 Å². The highest BCUT2D eigenvalue weighted by atomic mass is 16.5. The Balaban J connectivity index is 2.36. The van der Waals surface area contributed by atoms with Crippen molar-refractivity contribution in [1.82, 2.24) is 4.98 Å². The summed E-state index contributed by atoms with van der Waals surface area (Å²) in [5.41, 5.74) is 11.5. The van der Waals surface area contributed by atoms with Gasteiger partial charge in [0.15, 0.2) is 0 Å². The molecule has 0 saturated carbocycles. The number of ether oxygens (including phenoxy) is 1. The van der Waals surface area contributed by atoms with Gasteiger partial charge in [0.1, 0.15) is 11.5 Å². The van der Waals surface area contributed by atoms with Crippen LogP contribution < -0.4 is 16.2 Å². The summed E-state index contributed by atoms with van der Waals surface area (Å²) in [5.74, 6) is 0.302. The molecule has 1 aromatic carbocycles. The normalized spacial score (nSPS) is 9.88. The first-order chi connectivity index (χ1) is 8.16. The molecule has 2 rings (SSSR count). The fraction of sp³-hybridized carbons (Fsp3) is 0. The number of primary amides is 1. The molecule has 17 heavy (non-hydrogen) atoms. The van der Waals surface area contributed by atoms with E-state index in [0.29, 0.717) is 17.2 Å². The average molecular weight is 229 g/mol.